The number of aryl methyl sites for hydroxylation is 1. The third kappa shape index (κ3) is 3.44. The van der Waals surface area contributed by atoms with Gasteiger partial charge in [-0.15, -0.1) is 0 Å². The van der Waals surface area contributed by atoms with Crippen molar-refractivity contribution < 1.29 is 23.5 Å². The SMILES string of the molecule is CC=C(C)C(=O)O[C@H]1[C@H](OC(C)=O)C[C@@H]2Cc3occ(C)c3C[C@]2(C)[C@H]1C. The first-order valence-electron chi connectivity index (χ1n) is 9.74. The summed E-state index contributed by atoms with van der Waals surface area (Å²) in [6.45, 7) is 11.4. The zero-order chi connectivity index (χ0) is 19.9. The Morgan fingerprint density at radius 3 is 2.63 bits per heavy atom. The van der Waals surface area contributed by atoms with E-state index in [0.717, 1.165) is 18.6 Å². The van der Waals surface area contributed by atoms with Gasteiger partial charge >= 0.3 is 11.9 Å². The van der Waals surface area contributed by atoms with Gasteiger partial charge in [0.25, 0.3) is 0 Å². The highest BCUT2D eigenvalue weighted by atomic mass is 16.6. The molecular formula is C22H30O5. The second-order valence-electron chi connectivity index (χ2n) is 8.42. The number of ether oxygens (including phenoxy) is 2. The summed E-state index contributed by atoms with van der Waals surface area (Å²) in [5, 5.41) is 0. The van der Waals surface area contributed by atoms with Gasteiger partial charge in [0.2, 0.25) is 0 Å². The number of hydrogen-bond acceptors (Lipinski definition) is 5. The lowest BCUT2D eigenvalue weighted by Crippen LogP contribution is -2.56. The highest BCUT2D eigenvalue weighted by molar-refractivity contribution is 5.87. The predicted octanol–water partition coefficient (Wildman–Crippen LogP) is 4.16. The average Bonchev–Trinajstić information content (AvgIpc) is 2.96. The molecule has 27 heavy (non-hydrogen) atoms. The Labute approximate surface area is 161 Å². The van der Waals surface area contributed by atoms with Crippen molar-refractivity contribution in [3.8, 4) is 0 Å². The van der Waals surface area contributed by atoms with Crippen molar-refractivity contribution in [2.45, 2.75) is 73.0 Å². The number of carbonyl (C=O) groups is 2. The Bertz CT molecular complexity index is 774. The van der Waals surface area contributed by atoms with Crippen LogP contribution in [0.15, 0.2) is 22.3 Å². The summed E-state index contributed by atoms with van der Waals surface area (Å²) in [6.07, 6.45) is 5.08. The second-order valence-corrected chi connectivity index (χ2v) is 8.42. The molecule has 5 atom stereocenters. The molecular weight excluding hydrogens is 344 g/mol. The molecule has 148 valence electrons. The third-order valence-corrected chi connectivity index (χ3v) is 6.84. The van der Waals surface area contributed by atoms with Crippen LogP contribution in [-0.4, -0.2) is 24.1 Å². The van der Waals surface area contributed by atoms with Gasteiger partial charge in [0.05, 0.1) is 6.26 Å². The van der Waals surface area contributed by atoms with Crippen molar-refractivity contribution >= 4 is 11.9 Å². The Hall–Kier alpha value is -2.04. The van der Waals surface area contributed by atoms with Crippen molar-refractivity contribution in [1.82, 2.24) is 0 Å². The highest BCUT2D eigenvalue weighted by Crippen LogP contribution is 2.54. The molecule has 0 aromatic carbocycles. The summed E-state index contributed by atoms with van der Waals surface area (Å²) >= 11 is 0. The molecule has 1 fully saturated rings. The van der Waals surface area contributed by atoms with Gasteiger partial charge in [-0.2, -0.15) is 0 Å². The fraction of sp³-hybridized carbons (Fsp3) is 0.636. The average molecular weight is 374 g/mol. The monoisotopic (exact) mass is 374 g/mol. The maximum Gasteiger partial charge on any atom is 0.333 e. The van der Waals surface area contributed by atoms with Gasteiger partial charge in [-0.1, -0.05) is 19.9 Å². The van der Waals surface area contributed by atoms with E-state index in [-0.39, 0.29) is 23.3 Å². The van der Waals surface area contributed by atoms with Gasteiger partial charge in [0, 0.05) is 24.8 Å². The molecule has 5 nitrogen and oxygen atoms in total. The molecule has 0 amide bonds. The molecule has 0 radical (unpaired) electrons. The van der Waals surface area contributed by atoms with Crippen LogP contribution >= 0.6 is 0 Å². The molecule has 1 aromatic rings. The molecule has 0 unspecified atom stereocenters. The van der Waals surface area contributed by atoms with Crippen LogP contribution in [0.5, 0.6) is 0 Å². The first kappa shape index (κ1) is 19.7. The van der Waals surface area contributed by atoms with Crippen LogP contribution in [0, 0.1) is 24.2 Å². The molecule has 0 aliphatic heterocycles. The summed E-state index contributed by atoms with van der Waals surface area (Å²) in [5.74, 6) is 0.725. The molecule has 1 saturated carbocycles. The van der Waals surface area contributed by atoms with Gasteiger partial charge in [-0.25, -0.2) is 4.79 Å². The zero-order valence-electron chi connectivity index (χ0n) is 17.1. The van der Waals surface area contributed by atoms with Crippen molar-refractivity contribution in [3.63, 3.8) is 0 Å². The van der Waals surface area contributed by atoms with E-state index in [1.54, 1.807) is 13.0 Å². The van der Waals surface area contributed by atoms with Gasteiger partial charge in [-0.05, 0) is 56.1 Å². The van der Waals surface area contributed by atoms with Gasteiger partial charge in [-0.3, -0.25) is 4.79 Å². The first-order valence-corrected chi connectivity index (χ1v) is 9.74. The molecule has 0 N–H and O–H groups in total. The van der Waals surface area contributed by atoms with E-state index in [2.05, 4.69) is 20.8 Å². The topological polar surface area (TPSA) is 65.7 Å². The first-order chi connectivity index (χ1) is 12.7. The number of hydrogen-bond donors (Lipinski definition) is 0. The Morgan fingerprint density at radius 1 is 1.30 bits per heavy atom. The quantitative estimate of drug-likeness (QED) is 0.587. The molecule has 1 aromatic heterocycles. The zero-order valence-corrected chi connectivity index (χ0v) is 17.1. The highest BCUT2D eigenvalue weighted by Gasteiger charge is 2.55. The Kier molecular flexibility index (Phi) is 5.24. The summed E-state index contributed by atoms with van der Waals surface area (Å²) in [6, 6.07) is 0. The summed E-state index contributed by atoms with van der Waals surface area (Å²) < 4.78 is 17.3. The summed E-state index contributed by atoms with van der Waals surface area (Å²) in [7, 11) is 0. The molecule has 1 heterocycles. The van der Waals surface area contributed by atoms with Crippen molar-refractivity contribution in [2.75, 3.05) is 0 Å². The molecule has 0 spiro atoms. The number of rotatable bonds is 3. The summed E-state index contributed by atoms with van der Waals surface area (Å²) in [4.78, 5) is 24.1. The lowest BCUT2D eigenvalue weighted by molar-refractivity contribution is -0.189. The van der Waals surface area contributed by atoms with E-state index < -0.39 is 12.2 Å². The minimum Gasteiger partial charge on any atom is -0.469 e. The van der Waals surface area contributed by atoms with Crippen molar-refractivity contribution in [1.29, 1.82) is 0 Å². The standard InChI is InChI=1S/C22H30O5/c1-7-12(2)21(24)27-20-14(4)22(6)10-17-13(3)11-25-18(17)8-16(22)9-19(20)26-15(5)23/h7,11,14,16,19-20H,8-10H2,1-6H3/t14-,16-,19+,20+,22+/m0/s1. The van der Waals surface area contributed by atoms with Crippen LogP contribution in [0.3, 0.4) is 0 Å². The van der Waals surface area contributed by atoms with E-state index in [1.807, 2.05) is 13.2 Å². The second kappa shape index (κ2) is 7.17. The van der Waals surface area contributed by atoms with Crippen LogP contribution < -0.4 is 0 Å². The maximum atomic E-state index is 12.4. The lowest BCUT2D eigenvalue weighted by Gasteiger charge is -2.53. The predicted molar refractivity (Wildman–Crippen MR) is 101 cm³/mol. The normalized spacial score (nSPS) is 33.0. The van der Waals surface area contributed by atoms with Crippen molar-refractivity contribution in [2.24, 2.45) is 17.3 Å². The van der Waals surface area contributed by atoms with Crippen LogP contribution in [-0.2, 0) is 31.9 Å². The molecule has 5 heteroatoms. The van der Waals surface area contributed by atoms with E-state index in [9.17, 15) is 9.59 Å². The van der Waals surface area contributed by atoms with Gasteiger partial charge in [0.15, 0.2) is 0 Å². The largest absolute Gasteiger partial charge is 0.469 e. The minimum atomic E-state index is -0.452. The van der Waals surface area contributed by atoms with E-state index in [4.69, 9.17) is 13.9 Å². The van der Waals surface area contributed by atoms with Crippen molar-refractivity contribution in [3.05, 3.63) is 34.8 Å². The van der Waals surface area contributed by atoms with Crippen LogP contribution in [0.4, 0.5) is 0 Å². The summed E-state index contributed by atoms with van der Waals surface area (Å²) in [5.41, 5.74) is 2.97. The number of carbonyl (C=O) groups excluding carboxylic acids is 2. The number of furan rings is 1. The number of esters is 2. The van der Waals surface area contributed by atoms with Gasteiger partial charge < -0.3 is 13.9 Å². The number of fused-ring (bicyclic) bond motifs is 2. The van der Waals surface area contributed by atoms with Gasteiger partial charge in [0.1, 0.15) is 18.0 Å². The Morgan fingerprint density at radius 2 is 2.00 bits per heavy atom. The minimum absolute atomic E-state index is 0.0485. The van der Waals surface area contributed by atoms with Crippen LogP contribution in [0.1, 0.15) is 57.9 Å². The van der Waals surface area contributed by atoms with E-state index in [1.165, 1.54) is 18.1 Å². The fourth-order valence-electron chi connectivity index (χ4n) is 4.75. The number of allylic oxidation sites excluding steroid dienone is 1. The smallest absolute Gasteiger partial charge is 0.333 e. The molecule has 0 bridgehead atoms. The molecule has 0 saturated heterocycles. The lowest BCUT2D eigenvalue weighted by atomic mass is 9.54. The van der Waals surface area contributed by atoms with E-state index in [0.29, 0.717) is 17.9 Å². The molecule has 2 aliphatic rings. The molecule has 2 aliphatic carbocycles. The van der Waals surface area contributed by atoms with E-state index >= 15 is 0 Å². The maximum absolute atomic E-state index is 12.4. The Balaban J connectivity index is 1.94. The van der Waals surface area contributed by atoms with Crippen LogP contribution in [0.2, 0.25) is 0 Å². The fourth-order valence-corrected chi connectivity index (χ4v) is 4.75. The molecule has 3 rings (SSSR count). The van der Waals surface area contributed by atoms with Crippen LogP contribution in [0.25, 0.3) is 0 Å². The third-order valence-electron chi connectivity index (χ3n) is 6.84.